The van der Waals surface area contributed by atoms with Gasteiger partial charge in [0.2, 0.25) is 0 Å². The second-order valence-corrected chi connectivity index (χ2v) is 17.0. The van der Waals surface area contributed by atoms with Crippen LogP contribution in [0.1, 0.15) is 252 Å². The van der Waals surface area contributed by atoms with Gasteiger partial charge >= 0.3 is 11.9 Å². The van der Waals surface area contributed by atoms with E-state index < -0.39 is 6.10 Å². The van der Waals surface area contributed by atoms with Gasteiger partial charge in [0, 0.05) is 19.4 Å². The molecule has 0 aliphatic heterocycles. The summed E-state index contributed by atoms with van der Waals surface area (Å²) in [6.45, 7) is 7.66. The maximum atomic E-state index is 12.7. The molecule has 0 amide bonds. The molecule has 0 aromatic carbocycles. The van der Waals surface area contributed by atoms with E-state index >= 15 is 0 Å². The molecule has 0 bridgehead atoms. The Morgan fingerprint density at radius 3 is 1.23 bits per heavy atom. The van der Waals surface area contributed by atoms with Crippen LogP contribution in [0.5, 0.6) is 0 Å². The average molecular weight is 839 g/mol. The van der Waals surface area contributed by atoms with Crippen molar-refractivity contribution in [2.75, 3.05) is 19.8 Å². The molecule has 0 radical (unpaired) electrons. The Bertz CT molecular complexity index is 1040. The third-order valence-electron chi connectivity index (χ3n) is 11.0. The highest BCUT2D eigenvalue weighted by atomic mass is 16.6. The maximum Gasteiger partial charge on any atom is 0.306 e. The summed E-state index contributed by atoms with van der Waals surface area (Å²) in [6.07, 6.45) is 63.8. The predicted molar refractivity (Wildman–Crippen MR) is 261 cm³/mol. The van der Waals surface area contributed by atoms with Crippen molar-refractivity contribution >= 4 is 11.9 Å². The average Bonchev–Trinajstić information content (AvgIpc) is 3.25. The number of ether oxygens (including phenoxy) is 3. The van der Waals surface area contributed by atoms with Gasteiger partial charge < -0.3 is 14.2 Å². The van der Waals surface area contributed by atoms with E-state index in [1.807, 2.05) is 0 Å². The molecular formula is C55H98O5. The van der Waals surface area contributed by atoms with Crippen molar-refractivity contribution in [2.45, 2.75) is 258 Å². The Labute approximate surface area is 373 Å². The summed E-state index contributed by atoms with van der Waals surface area (Å²) in [6, 6.07) is 0. The normalized spacial score (nSPS) is 12.7. The van der Waals surface area contributed by atoms with E-state index in [1.54, 1.807) is 0 Å². The van der Waals surface area contributed by atoms with E-state index in [9.17, 15) is 9.59 Å². The zero-order chi connectivity index (χ0) is 43.5. The molecule has 0 aromatic rings. The van der Waals surface area contributed by atoms with E-state index in [4.69, 9.17) is 14.2 Å². The van der Waals surface area contributed by atoms with Gasteiger partial charge in [-0.3, -0.25) is 9.59 Å². The van der Waals surface area contributed by atoms with E-state index in [-0.39, 0.29) is 25.2 Å². The molecule has 0 fully saturated rings. The summed E-state index contributed by atoms with van der Waals surface area (Å²) in [7, 11) is 0. The molecule has 0 aliphatic carbocycles. The molecule has 1 unspecified atom stereocenters. The van der Waals surface area contributed by atoms with Gasteiger partial charge in [-0.15, -0.1) is 0 Å². The fourth-order valence-corrected chi connectivity index (χ4v) is 7.20. The van der Waals surface area contributed by atoms with Crippen LogP contribution in [0.3, 0.4) is 0 Å². The van der Waals surface area contributed by atoms with Crippen molar-refractivity contribution in [3.05, 3.63) is 60.8 Å². The van der Waals surface area contributed by atoms with Gasteiger partial charge in [-0.1, -0.05) is 216 Å². The number of carbonyl (C=O) groups is 2. The third-order valence-corrected chi connectivity index (χ3v) is 11.0. The van der Waals surface area contributed by atoms with Gasteiger partial charge in [-0.2, -0.15) is 0 Å². The molecule has 0 heterocycles. The number of allylic oxidation sites excluding steroid dienone is 10. The summed E-state index contributed by atoms with van der Waals surface area (Å²) in [5.74, 6) is -0.406. The zero-order valence-corrected chi connectivity index (χ0v) is 40.0. The highest BCUT2D eigenvalue weighted by Gasteiger charge is 2.17. The number of hydrogen-bond donors (Lipinski definition) is 0. The first-order valence-corrected chi connectivity index (χ1v) is 25.8. The number of carbonyl (C=O) groups excluding carboxylic acids is 2. The van der Waals surface area contributed by atoms with Crippen molar-refractivity contribution in [1.82, 2.24) is 0 Å². The molecule has 60 heavy (non-hydrogen) atoms. The van der Waals surface area contributed by atoms with Crippen molar-refractivity contribution in [3.63, 3.8) is 0 Å². The van der Waals surface area contributed by atoms with Crippen LogP contribution in [0.2, 0.25) is 0 Å². The number of rotatable bonds is 47. The Morgan fingerprint density at radius 1 is 0.383 bits per heavy atom. The molecule has 0 saturated carbocycles. The summed E-state index contributed by atoms with van der Waals surface area (Å²) in [5, 5.41) is 0. The molecule has 5 heteroatoms. The Kier molecular flexibility index (Phi) is 48.9. The minimum Gasteiger partial charge on any atom is -0.462 e. The van der Waals surface area contributed by atoms with Crippen LogP contribution in [0.25, 0.3) is 0 Å². The second kappa shape index (κ2) is 51.0. The van der Waals surface area contributed by atoms with E-state index in [0.717, 1.165) is 64.2 Å². The summed E-state index contributed by atoms with van der Waals surface area (Å²) in [4.78, 5) is 25.2. The highest BCUT2D eigenvalue weighted by molar-refractivity contribution is 5.70. The summed E-state index contributed by atoms with van der Waals surface area (Å²) in [5.41, 5.74) is 0. The van der Waals surface area contributed by atoms with Gasteiger partial charge in [0.25, 0.3) is 0 Å². The van der Waals surface area contributed by atoms with Crippen LogP contribution in [0, 0.1) is 0 Å². The Morgan fingerprint density at radius 2 is 0.750 bits per heavy atom. The smallest absolute Gasteiger partial charge is 0.306 e. The minimum absolute atomic E-state index is 0.0807. The molecule has 0 N–H and O–H groups in total. The maximum absolute atomic E-state index is 12.7. The highest BCUT2D eigenvalue weighted by Crippen LogP contribution is 2.14. The van der Waals surface area contributed by atoms with Gasteiger partial charge in [0.1, 0.15) is 6.61 Å². The van der Waals surface area contributed by atoms with Gasteiger partial charge in [0.05, 0.1) is 6.61 Å². The molecule has 1 atom stereocenters. The van der Waals surface area contributed by atoms with Crippen LogP contribution in [0.4, 0.5) is 0 Å². The lowest BCUT2D eigenvalue weighted by atomic mass is 10.1. The van der Waals surface area contributed by atoms with Crippen LogP contribution >= 0.6 is 0 Å². The van der Waals surface area contributed by atoms with E-state index in [1.165, 1.54) is 154 Å². The van der Waals surface area contributed by atoms with E-state index in [0.29, 0.717) is 19.4 Å². The van der Waals surface area contributed by atoms with Crippen molar-refractivity contribution in [1.29, 1.82) is 0 Å². The van der Waals surface area contributed by atoms with Gasteiger partial charge in [-0.05, 0) is 83.5 Å². The standard InChI is InChI=1S/C55H98O5/c1-4-7-10-13-16-18-20-22-24-26-28-29-31-33-35-37-40-42-45-48-54(56)59-52-53(60-55(57)49-46-43-39-15-12-9-6-3)51-58-50-47-44-41-38-36-34-32-30-27-25-23-21-19-17-14-11-8-5-2/h8,11,16-19,22-25,53H,4-7,9-10,12-15,20-21,26-52H2,1-3H3/b11-8-,18-16-,19-17-,24-22-,25-23-. The fourth-order valence-electron chi connectivity index (χ4n) is 7.20. The fraction of sp³-hybridized carbons (Fsp3) is 0.782. The Hall–Kier alpha value is -2.40. The summed E-state index contributed by atoms with van der Waals surface area (Å²) >= 11 is 0. The lowest BCUT2D eigenvalue weighted by Crippen LogP contribution is -2.30. The van der Waals surface area contributed by atoms with Crippen LogP contribution in [-0.4, -0.2) is 37.9 Å². The SMILES string of the molecule is CC/C=C\C/C=C\C/C=C\CCCCCCCCCCOCC(COC(=O)CCCCCCCCCCC/C=C\C/C=C\CCCCC)OC(=O)CCCCCCCCC. The van der Waals surface area contributed by atoms with Crippen molar-refractivity contribution < 1.29 is 23.8 Å². The molecule has 348 valence electrons. The number of hydrogen-bond acceptors (Lipinski definition) is 5. The lowest BCUT2D eigenvalue weighted by molar-refractivity contribution is -0.163. The third kappa shape index (κ3) is 48.3. The van der Waals surface area contributed by atoms with Gasteiger partial charge in [-0.25, -0.2) is 0 Å². The topological polar surface area (TPSA) is 61.8 Å². The predicted octanol–water partition coefficient (Wildman–Crippen LogP) is 17.3. The molecule has 0 rings (SSSR count). The number of esters is 2. The van der Waals surface area contributed by atoms with E-state index in [2.05, 4.69) is 81.5 Å². The van der Waals surface area contributed by atoms with Crippen LogP contribution in [0.15, 0.2) is 60.8 Å². The minimum atomic E-state index is -0.538. The monoisotopic (exact) mass is 839 g/mol. The Balaban J connectivity index is 4.11. The first kappa shape index (κ1) is 57.6. The molecule has 0 spiro atoms. The summed E-state index contributed by atoms with van der Waals surface area (Å²) < 4.78 is 17.3. The van der Waals surface area contributed by atoms with Crippen molar-refractivity contribution in [3.8, 4) is 0 Å². The first-order chi connectivity index (χ1) is 29.6. The van der Waals surface area contributed by atoms with Crippen molar-refractivity contribution in [2.24, 2.45) is 0 Å². The second-order valence-electron chi connectivity index (χ2n) is 17.0. The van der Waals surface area contributed by atoms with Gasteiger partial charge in [0.15, 0.2) is 6.10 Å². The quantitative estimate of drug-likeness (QED) is 0.0347. The van der Waals surface area contributed by atoms with Crippen LogP contribution in [-0.2, 0) is 23.8 Å². The molecular weight excluding hydrogens is 741 g/mol. The zero-order valence-electron chi connectivity index (χ0n) is 40.0. The lowest BCUT2D eigenvalue weighted by Gasteiger charge is -2.18. The number of unbranched alkanes of at least 4 members (excludes halogenated alkanes) is 26. The largest absolute Gasteiger partial charge is 0.462 e. The molecule has 0 aliphatic rings. The molecule has 0 saturated heterocycles. The molecule has 0 aromatic heterocycles. The van der Waals surface area contributed by atoms with Crippen LogP contribution < -0.4 is 0 Å². The first-order valence-electron chi connectivity index (χ1n) is 25.8. The molecule has 5 nitrogen and oxygen atoms in total.